The van der Waals surface area contributed by atoms with Crippen LogP contribution in [0, 0.1) is 0 Å². The highest BCUT2D eigenvalue weighted by atomic mass is 14.4. The van der Waals surface area contributed by atoms with Crippen LogP contribution in [0.15, 0.2) is 61.7 Å². The van der Waals surface area contributed by atoms with E-state index in [4.69, 9.17) is 0 Å². The van der Waals surface area contributed by atoms with Gasteiger partial charge >= 0.3 is 0 Å². The minimum atomic E-state index is 0.0833. The lowest BCUT2D eigenvalue weighted by molar-refractivity contribution is 0.660. The van der Waals surface area contributed by atoms with Crippen LogP contribution in [0.3, 0.4) is 0 Å². The van der Waals surface area contributed by atoms with E-state index in [2.05, 4.69) is 69.5 Å². The number of rotatable bonds is 2. The van der Waals surface area contributed by atoms with Gasteiger partial charge in [0.15, 0.2) is 0 Å². The van der Waals surface area contributed by atoms with Gasteiger partial charge in [-0.2, -0.15) is 0 Å². The highest BCUT2D eigenvalue weighted by Crippen LogP contribution is 2.48. The Balaban J connectivity index is 2.29. The number of allylic oxidation sites excluding steroid dienone is 2. The van der Waals surface area contributed by atoms with Gasteiger partial charge in [-0.15, -0.1) is 0 Å². The third kappa shape index (κ3) is 1.60. The number of fused-ring (bicyclic) bond motifs is 3. The van der Waals surface area contributed by atoms with E-state index in [9.17, 15) is 0 Å². The Bertz CT molecular complexity index is 687. The van der Waals surface area contributed by atoms with Gasteiger partial charge < -0.3 is 0 Å². The smallest absolute Gasteiger partial charge is 0.0158 e. The van der Waals surface area contributed by atoms with E-state index in [1.165, 1.54) is 22.3 Å². The zero-order valence-corrected chi connectivity index (χ0v) is 11.5. The predicted molar refractivity (Wildman–Crippen MR) is 83.2 cm³/mol. The number of hydrogen-bond acceptors (Lipinski definition) is 0. The second kappa shape index (κ2) is 3.96. The van der Waals surface area contributed by atoms with Crippen LogP contribution in [0.4, 0.5) is 0 Å². The Labute approximate surface area is 115 Å². The molecule has 0 N–H and O–H groups in total. The average molecular weight is 246 g/mol. The summed E-state index contributed by atoms with van der Waals surface area (Å²) in [7, 11) is 0. The van der Waals surface area contributed by atoms with Crippen molar-refractivity contribution in [2.45, 2.75) is 19.3 Å². The maximum atomic E-state index is 4.04. The van der Waals surface area contributed by atoms with E-state index in [-0.39, 0.29) is 5.41 Å². The van der Waals surface area contributed by atoms with Gasteiger partial charge in [-0.1, -0.05) is 69.5 Å². The molecule has 0 atom stereocenters. The summed E-state index contributed by atoms with van der Waals surface area (Å²) in [5.41, 5.74) is 7.70. The van der Waals surface area contributed by atoms with Gasteiger partial charge in [0.1, 0.15) is 0 Å². The van der Waals surface area contributed by atoms with Crippen molar-refractivity contribution in [2.24, 2.45) is 0 Å². The molecule has 2 aromatic carbocycles. The molecule has 0 spiro atoms. The molecular formula is C19H18. The molecule has 1 aliphatic carbocycles. The molecule has 0 heteroatoms. The molecule has 0 aromatic heterocycles. The first kappa shape index (κ1) is 12.0. The monoisotopic (exact) mass is 246 g/mol. The van der Waals surface area contributed by atoms with Crippen molar-refractivity contribution in [1.29, 1.82) is 0 Å². The molecule has 2 aromatic rings. The van der Waals surface area contributed by atoms with Crippen LogP contribution in [0.5, 0.6) is 0 Å². The Hall–Kier alpha value is -2.08. The Kier molecular flexibility index (Phi) is 2.50. The Morgan fingerprint density at radius 2 is 1.68 bits per heavy atom. The molecule has 0 amide bonds. The zero-order valence-electron chi connectivity index (χ0n) is 11.5. The molecule has 0 saturated heterocycles. The maximum Gasteiger partial charge on any atom is 0.0158 e. The Morgan fingerprint density at radius 1 is 1.00 bits per heavy atom. The van der Waals surface area contributed by atoms with Crippen LogP contribution >= 0.6 is 0 Å². The first-order chi connectivity index (χ1) is 9.05. The lowest BCUT2D eigenvalue weighted by Gasteiger charge is -2.21. The maximum absolute atomic E-state index is 4.04. The first-order valence-corrected chi connectivity index (χ1v) is 6.62. The van der Waals surface area contributed by atoms with E-state index in [0.29, 0.717) is 0 Å². The molecule has 0 fully saturated rings. The summed E-state index contributed by atoms with van der Waals surface area (Å²) in [6.07, 6.45) is 1.81. The molecule has 0 heterocycles. The highest BCUT2D eigenvalue weighted by Gasteiger charge is 2.34. The van der Waals surface area contributed by atoms with E-state index in [1.807, 2.05) is 6.08 Å². The van der Waals surface area contributed by atoms with E-state index >= 15 is 0 Å². The molecule has 0 nitrogen and oxygen atoms in total. The Morgan fingerprint density at radius 3 is 2.42 bits per heavy atom. The molecule has 3 rings (SSSR count). The molecule has 0 aliphatic heterocycles. The van der Waals surface area contributed by atoms with E-state index in [0.717, 1.165) is 11.1 Å². The predicted octanol–water partition coefficient (Wildman–Crippen LogP) is 5.19. The summed E-state index contributed by atoms with van der Waals surface area (Å²) in [6.45, 7) is 12.4. The summed E-state index contributed by atoms with van der Waals surface area (Å²) in [5, 5.41) is 0. The van der Waals surface area contributed by atoms with Crippen molar-refractivity contribution >= 4 is 5.57 Å². The SMILES string of the molecule is C=CC(=C)c1ccc2c(c1)-c1ccccc1C2(C)C. The zero-order chi connectivity index (χ0) is 13.6. The van der Waals surface area contributed by atoms with Crippen LogP contribution in [0.2, 0.25) is 0 Å². The second-order valence-corrected chi connectivity index (χ2v) is 5.66. The molecule has 1 aliphatic rings. The number of hydrogen-bond donors (Lipinski definition) is 0. The largest absolute Gasteiger partial charge is 0.0985 e. The van der Waals surface area contributed by atoms with Gasteiger partial charge in [0, 0.05) is 5.41 Å². The van der Waals surface area contributed by atoms with Crippen LogP contribution in [0.1, 0.15) is 30.5 Å². The lowest BCUT2D eigenvalue weighted by Crippen LogP contribution is -2.14. The van der Waals surface area contributed by atoms with E-state index < -0.39 is 0 Å². The fraction of sp³-hybridized carbons (Fsp3) is 0.158. The van der Waals surface area contributed by atoms with Crippen LogP contribution < -0.4 is 0 Å². The molecule has 94 valence electrons. The van der Waals surface area contributed by atoms with Crippen molar-refractivity contribution in [3.05, 3.63) is 78.4 Å². The molecule has 19 heavy (non-hydrogen) atoms. The van der Waals surface area contributed by atoms with Crippen LogP contribution in [0.25, 0.3) is 16.7 Å². The molecular weight excluding hydrogens is 228 g/mol. The molecule has 0 radical (unpaired) electrons. The summed E-state index contributed by atoms with van der Waals surface area (Å²) < 4.78 is 0. The van der Waals surface area contributed by atoms with Crippen molar-refractivity contribution < 1.29 is 0 Å². The summed E-state index contributed by atoms with van der Waals surface area (Å²) in [5.74, 6) is 0. The third-order valence-electron chi connectivity index (χ3n) is 4.20. The van der Waals surface area contributed by atoms with Gasteiger partial charge in [0.2, 0.25) is 0 Å². The summed E-state index contributed by atoms with van der Waals surface area (Å²) in [4.78, 5) is 0. The topological polar surface area (TPSA) is 0 Å². The fourth-order valence-electron chi connectivity index (χ4n) is 3.04. The van der Waals surface area contributed by atoms with Crippen LogP contribution in [-0.2, 0) is 5.41 Å². The van der Waals surface area contributed by atoms with Gasteiger partial charge in [0.05, 0.1) is 0 Å². The minimum Gasteiger partial charge on any atom is -0.0985 e. The van der Waals surface area contributed by atoms with Crippen molar-refractivity contribution in [3.8, 4) is 11.1 Å². The average Bonchev–Trinajstić information content (AvgIpc) is 2.67. The normalized spacial score (nSPS) is 14.6. The lowest BCUT2D eigenvalue weighted by atomic mass is 9.82. The van der Waals surface area contributed by atoms with Gasteiger partial charge in [0.25, 0.3) is 0 Å². The van der Waals surface area contributed by atoms with Gasteiger partial charge in [-0.3, -0.25) is 0 Å². The van der Waals surface area contributed by atoms with Crippen LogP contribution in [-0.4, -0.2) is 0 Å². The second-order valence-electron chi connectivity index (χ2n) is 5.66. The summed E-state index contributed by atoms with van der Waals surface area (Å²) >= 11 is 0. The summed E-state index contributed by atoms with van der Waals surface area (Å²) in [6, 6.07) is 15.3. The van der Waals surface area contributed by atoms with Crippen molar-refractivity contribution in [3.63, 3.8) is 0 Å². The third-order valence-corrected chi connectivity index (χ3v) is 4.20. The highest BCUT2D eigenvalue weighted by molar-refractivity contribution is 5.84. The van der Waals surface area contributed by atoms with Gasteiger partial charge in [-0.05, 0) is 39.5 Å². The quantitative estimate of drug-likeness (QED) is 0.639. The first-order valence-electron chi connectivity index (χ1n) is 6.62. The standard InChI is InChI=1S/C19H18/c1-5-13(2)14-10-11-18-16(12-14)15-8-6-7-9-17(15)19(18,3)4/h5-12H,1-2H2,3-4H3. The molecule has 0 unspecified atom stereocenters. The molecule has 0 bridgehead atoms. The van der Waals surface area contributed by atoms with Gasteiger partial charge in [-0.25, -0.2) is 0 Å². The van der Waals surface area contributed by atoms with Crippen molar-refractivity contribution in [2.75, 3.05) is 0 Å². The minimum absolute atomic E-state index is 0.0833. The fourth-order valence-corrected chi connectivity index (χ4v) is 3.04. The molecule has 0 saturated carbocycles. The number of benzene rings is 2. The van der Waals surface area contributed by atoms with Crippen molar-refractivity contribution in [1.82, 2.24) is 0 Å². The van der Waals surface area contributed by atoms with E-state index in [1.54, 1.807) is 0 Å².